The van der Waals surface area contributed by atoms with Crippen molar-refractivity contribution in [3.63, 3.8) is 0 Å². The van der Waals surface area contributed by atoms with E-state index in [1.54, 1.807) is 22.9 Å². The number of aliphatic imine (C=N–C) groups is 1. The summed E-state index contributed by atoms with van der Waals surface area (Å²) < 4.78 is 0. The first-order valence-corrected chi connectivity index (χ1v) is 11.8. The second-order valence-corrected chi connectivity index (χ2v) is 8.77. The van der Waals surface area contributed by atoms with Gasteiger partial charge in [-0.2, -0.15) is 0 Å². The van der Waals surface area contributed by atoms with Crippen LogP contribution in [-0.4, -0.2) is 74.0 Å². The number of hydrogen-bond acceptors (Lipinski definition) is 5. The fraction of sp³-hybridized carbons (Fsp3) is 0.308. The topological polar surface area (TPSA) is 71.4 Å². The summed E-state index contributed by atoms with van der Waals surface area (Å²) in [5.41, 5.74) is 3.67. The number of urea groups is 1. The Bertz CT molecular complexity index is 1150. The van der Waals surface area contributed by atoms with Crippen molar-refractivity contribution in [2.75, 3.05) is 51.2 Å². The van der Waals surface area contributed by atoms with Crippen molar-refractivity contribution >= 4 is 35.6 Å². The van der Waals surface area contributed by atoms with Crippen molar-refractivity contribution in [1.82, 2.24) is 15.1 Å². The third kappa shape index (κ3) is 4.67. The van der Waals surface area contributed by atoms with Gasteiger partial charge in [0, 0.05) is 57.4 Å². The molecule has 2 aliphatic rings. The molecule has 2 aromatic rings. The molecule has 0 unspecified atom stereocenters. The first-order valence-electron chi connectivity index (χ1n) is 11.4. The first kappa shape index (κ1) is 23.9. The number of carbonyl (C=O) groups is 1. The van der Waals surface area contributed by atoms with E-state index in [9.17, 15) is 9.90 Å². The van der Waals surface area contributed by atoms with Gasteiger partial charge in [-0.1, -0.05) is 41.9 Å². The SMILES string of the molecule is C=N/C(=C\C(=C/C)c1cccc(-c2ccc(N3CCN(C)C3=O)c(Cl)c2)c1O)N1CCNCC1. The summed E-state index contributed by atoms with van der Waals surface area (Å²) in [4.78, 5) is 22.1. The largest absolute Gasteiger partial charge is 0.507 e. The minimum absolute atomic E-state index is 0.0693. The number of benzene rings is 2. The van der Waals surface area contributed by atoms with Gasteiger partial charge in [0.1, 0.15) is 11.6 Å². The van der Waals surface area contributed by atoms with Crippen LogP contribution in [0.3, 0.4) is 0 Å². The third-order valence-electron chi connectivity index (χ3n) is 6.31. The number of carbonyl (C=O) groups excluding carboxylic acids is 1. The van der Waals surface area contributed by atoms with Crippen molar-refractivity contribution in [2.24, 2.45) is 4.99 Å². The number of allylic oxidation sites excluding steroid dienone is 3. The third-order valence-corrected chi connectivity index (χ3v) is 6.61. The van der Waals surface area contributed by atoms with Gasteiger partial charge in [0.2, 0.25) is 0 Å². The van der Waals surface area contributed by atoms with Gasteiger partial charge in [-0.15, -0.1) is 0 Å². The average molecular weight is 480 g/mol. The molecule has 34 heavy (non-hydrogen) atoms. The molecular weight excluding hydrogens is 450 g/mol. The molecule has 0 radical (unpaired) electrons. The van der Waals surface area contributed by atoms with E-state index in [4.69, 9.17) is 11.6 Å². The zero-order valence-electron chi connectivity index (χ0n) is 19.6. The normalized spacial score (nSPS) is 17.5. The maximum Gasteiger partial charge on any atom is 0.324 e. The number of phenolic OH excluding ortho intramolecular Hbond substituents is 1. The maximum atomic E-state index is 12.4. The lowest BCUT2D eigenvalue weighted by Gasteiger charge is -2.29. The summed E-state index contributed by atoms with van der Waals surface area (Å²) in [6.07, 6.45) is 3.92. The zero-order chi connectivity index (χ0) is 24.2. The van der Waals surface area contributed by atoms with Crippen LogP contribution >= 0.6 is 11.6 Å². The van der Waals surface area contributed by atoms with Gasteiger partial charge in [-0.3, -0.25) is 4.90 Å². The molecule has 2 aliphatic heterocycles. The number of piperazine rings is 1. The number of phenols is 1. The van der Waals surface area contributed by atoms with Crippen molar-refractivity contribution in [2.45, 2.75) is 6.92 Å². The molecule has 0 atom stereocenters. The number of nitrogens with one attached hydrogen (secondary N) is 1. The number of aromatic hydroxyl groups is 1. The van der Waals surface area contributed by atoms with Crippen molar-refractivity contribution < 1.29 is 9.90 Å². The maximum absolute atomic E-state index is 12.4. The van der Waals surface area contributed by atoms with Crippen LogP contribution in [0.2, 0.25) is 5.02 Å². The summed E-state index contributed by atoms with van der Waals surface area (Å²) in [5.74, 6) is 0.948. The monoisotopic (exact) mass is 479 g/mol. The summed E-state index contributed by atoms with van der Waals surface area (Å²) in [5, 5.41) is 15.0. The van der Waals surface area contributed by atoms with Crippen LogP contribution in [0, 0.1) is 0 Å². The molecule has 0 saturated carbocycles. The number of amides is 2. The number of halogens is 1. The summed E-state index contributed by atoms with van der Waals surface area (Å²) in [6, 6.07) is 11.1. The highest BCUT2D eigenvalue weighted by atomic mass is 35.5. The predicted octanol–water partition coefficient (Wildman–Crippen LogP) is 4.43. The lowest BCUT2D eigenvalue weighted by molar-refractivity contribution is 0.229. The van der Waals surface area contributed by atoms with E-state index in [-0.39, 0.29) is 11.8 Å². The van der Waals surface area contributed by atoms with Crippen molar-refractivity contribution in [3.05, 3.63) is 65.0 Å². The minimum atomic E-state index is -0.0693. The fourth-order valence-electron chi connectivity index (χ4n) is 4.36. The average Bonchev–Trinajstić information content (AvgIpc) is 3.19. The molecule has 2 aromatic carbocycles. The molecule has 8 heteroatoms. The molecular formula is C26H30ClN5O2. The second-order valence-electron chi connectivity index (χ2n) is 8.37. The molecule has 0 spiro atoms. The molecule has 2 N–H and O–H groups in total. The van der Waals surface area contributed by atoms with E-state index in [0.717, 1.165) is 43.1 Å². The highest BCUT2D eigenvalue weighted by Crippen LogP contribution is 2.39. The predicted molar refractivity (Wildman–Crippen MR) is 140 cm³/mol. The number of para-hydroxylation sites is 1. The number of nitrogens with zero attached hydrogens (tertiary/aromatic N) is 4. The van der Waals surface area contributed by atoms with Crippen molar-refractivity contribution in [3.8, 4) is 16.9 Å². The highest BCUT2D eigenvalue weighted by Gasteiger charge is 2.28. The van der Waals surface area contributed by atoms with Gasteiger partial charge in [-0.05, 0) is 43.0 Å². The Balaban J connectivity index is 1.66. The molecule has 2 heterocycles. The lowest BCUT2D eigenvalue weighted by Crippen LogP contribution is -2.42. The quantitative estimate of drug-likeness (QED) is 0.475. The molecule has 0 aromatic heterocycles. The second kappa shape index (κ2) is 10.3. The van der Waals surface area contributed by atoms with Gasteiger partial charge in [0.25, 0.3) is 0 Å². The minimum Gasteiger partial charge on any atom is -0.507 e. The molecule has 7 nitrogen and oxygen atoms in total. The van der Waals surface area contributed by atoms with Crippen LogP contribution in [0.25, 0.3) is 16.7 Å². The van der Waals surface area contributed by atoms with Gasteiger partial charge >= 0.3 is 6.03 Å². The number of hydrogen-bond donors (Lipinski definition) is 2. The highest BCUT2D eigenvalue weighted by molar-refractivity contribution is 6.34. The van der Waals surface area contributed by atoms with Crippen LogP contribution in [0.15, 0.2) is 59.4 Å². The summed E-state index contributed by atoms with van der Waals surface area (Å²) >= 11 is 6.58. The Morgan fingerprint density at radius 3 is 2.56 bits per heavy atom. The Kier molecular flexibility index (Phi) is 7.24. The number of rotatable bonds is 6. The van der Waals surface area contributed by atoms with Crippen LogP contribution in [0.1, 0.15) is 12.5 Å². The van der Waals surface area contributed by atoms with E-state index >= 15 is 0 Å². The molecule has 0 bridgehead atoms. The van der Waals surface area contributed by atoms with Gasteiger partial charge < -0.3 is 20.2 Å². The van der Waals surface area contributed by atoms with E-state index < -0.39 is 0 Å². The Hall–Kier alpha value is -3.29. The smallest absolute Gasteiger partial charge is 0.324 e. The van der Waals surface area contributed by atoms with Gasteiger partial charge in [-0.25, -0.2) is 9.79 Å². The molecule has 2 amide bonds. The van der Waals surface area contributed by atoms with Gasteiger partial charge in [0.15, 0.2) is 0 Å². The molecule has 2 fully saturated rings. The lowest BCUT2D eigenvalue weighted by atomic mass is 9.96. The van der Waals surface area contributed by atoms with Gasteiger partial charge in [0.05, 0.1) is 10.7 Å². The molecule has 4 rings (SSSR count). The zero-order valence-corrected chi connectivity index (χ0v) is 20.3. The van der Waals surface area contributed by atoms with E-state index in [2.05, 4.69) is 21.9 Å². The Morgan fingerprint density at radius 2 is 1.94 bits per heavy atom. The standard InChI is InChI=1S/C26H30ClN5O2/c1-4-18(17-24(28-2)31-12-10-29-11-13-31)20-6-5-7-21(25(20)33)19-8-9-23(22(27)16-19)32-15-14-30(3)26(32)34/h4-9,16-17,29,33H,2,10-15H2,1,3H3/b18-4+,24-17+. The van der Waals surface area contributed by atoms with Crippen LogP contribution in [0.5, 0.6) is 5.75 Å². The summed E-state index contributed by atoms with van der Waals surface area (Å²) in [7, 11) is 1.77. The summed E-state index contributed by atoms with van der Waals surface area (Å²) in [6.45, 7) is 10.4. The Morgan fingerprint density at radius 1 is 1.18 bits per heavy atom. The number of likely N-dealkylation sites (N-methyl/N-ethyl adjacent to an activating group) is 1. The van der Waals surface area contributed by atoms with E-state index in [0.29, 0.717) is 34.9 Å². The molecule has 178 valence electrons. The molecule has 0 aliphatic carbocycles. The first-order chi connectivity index (χ1) is 16.4. The van der Waals surface area contributed by atoms with Crippen LogP contribution in [-0.2, 0) is 0 Å². The van der Waals surface area contributed by atoms with Crippen molar-refractivity contribution in [1.29, 1.82) is 0 Å². The Labute approximate surface area is 205 Å². The van der Waals surface area contributed by atoms with E-state index in [1.807, 2.05) is 49.4 Å². The van der Waals surface area contributed by atoms with Crippen LogP contribution < -0.4 is 10.2 Å². The fourth-order valence-corrected chi connectivity index (χ4v) is 4.64. The molecule has 2 saturated heterocycles. The van der Waals surface area contributed by atoms with Crippen LogP contribution in [0.4, 0.5) is 10.5 Å². The number of anilines is 1. The van der Waals surface area contributed by atoms with E-state index in [1.165, 1.54) is 0 Å².